The van der Waals surface area contributed by atoms with Crippen LogP contribution in [-0.4, -0.2) is 74.9 Å². The molecule has 0 aromatic carbocycles. The molecule has 2 fully saturated rings. The lowest BCUT2D eigenvalue weighted by molar-refractivity contribution is 0.0530. The van der Waals surface area contributed by atoms with Crippen LogP contribution in [0.1, 0.15) is 17.7 Å². The molecule has 8 nitrogen and oxygen atoms in total. The number of fused-ring (bicyclic) bond motifs is 2. The second kappa shape index (κ2) is 5.91. The zero-order valence-corrected chi connectivity index (χ0v) is 14.6. The van der Waals surface area contributed by atoms with Crippen molar-refractivity contribution in [3.8, 4) is 0 Å². The number of anilines is 1. The van der Waals surface area contributed by atoms with Gasteiger partial charge in [-0.3, -0.25) is 0 Å². The van der Waals surface area contributed by atoms with Crippen LogP contribution in [-0.2, 0) is 31.5 Å². The van der Waals surface area contributed by atoms with E-state index in [-0.39, 0.29) is 5.41 Å². The summed E-state index contributed by atoms with van der Waals surface area (Å²) in [6, 6.07) is 0. The number of aromatic nitrogens is 2. The van der Waals surface area contributed by atoms with Crippen LogP contribution in [0.5, 0.6) is 0 Å². The van der Waals surface area contributed by atoms with E-state index in [0.717, 1.165) is 30.8 Å². The SMILES string of the molecule is CS(=O)(=O)N1CC[C@@]2(COCc3cnc(N4CCOCC4)nc32)C1. The highest BCUT2D eigenvalue weighted by atomic mass is 32.2. The van der Waals surface area contributed by atoms with Crippen LogP contribution in [0.3, 0.4) is 0 Å². The molecule has 9 heteroatoms. The molecule has 0 saturated carbocycles. The van der Waals surface area contributed by atoms with Crippen molar-refractivity contribution in [2.45, 2.75) is 18.4 Å². The Labute approximate surface area is 141 Å². The molecule has 0 N–H and O–H groups in total. The van der Waals surface area contributed by atoms with E-state index in [1.165, 1.54) is 10.6 Å². The molecule has 1 spiro atoms. The third-order valence-corrected chi connectivity index (χ3v) is 6.32. The Morgan fingerprint density at radius 1 is 1.21 bits per heavy atom. The fourth-order valence-electron chi connectivity index (χ4n) is 3.73. The summed E-state index contributed by atoms with van der Waals surface area (Å²) >= 11 is 0. The van der Waals surface area contributed by atoms with E-state index in [2.05, 4.69) is 9.88 Å². The average Bonchev–Trinajstić information content (AvgIpc) is 3.01. The molecule has 0 radical (unpaired) electrons. The van der Waals surface area contributed by atoms with E-state index >= 15 is 0 Å². The average molecular weight is 354 g/mol. The molecule has 0 unspecified atom stereocenters. The molecule has 132 valence electrons. The topological polar surface area (TPSA) is 84.9 Å². The maximum atomic E-state index is 11.9. The molecule has 2 saturated heterocycles. The first-order chi connectivity index (χ1) is 11.5. The van der Waals surface area contributed by atoms with Crippen molar-refractivity contribution >= 4 is 16.0 Å². The highest BCUT2D eigenvalue weighted by Gasteiger charge is 2.47. The van der Waals surface area contributed by atoms with Gasteiger partial charge in [-0.15, -0.1) is 0 Å². The highest BCUT2D eigenvalue weighted by molar-refractivity contribution is 7.88. The third-order valence-electron chi connectivity index (χ3n) is 5.07. The van der Waals surface area contributed by atoms with Gasteiger partial charge in [0.2, 0.25) is 16.0 Å². The molecule has 4 heterocycles. The number of ether oxygens (including phenoxy) is 2. The van der Waals surface area contributed by atoms with Gasteiger partial charge in [-0.2, -0.15) is 0 Å². The molecule has 4 rings (SSSR count). The van der Waals surface area contributed by atoms with Crippen molar-refractivity contribution in [3.05, 3.63) is 17.5 Å². The fraction of sp³-hybridized carbons (Fsp3) is 0.733. The molecule has 1 aromatic heterocycles. The van der Waals surface area contributed by atoms with Crippen LogP contribution < -0.4 is 4.90 Å². The predicted molar refractivity (Wildman–Crippen MR) is 87.4 cm³/mol. The van der Waals surface area contributed by atoms with Crippen LogP contribution in [0.15, 0.2) is 6.20 Å². The summed E-state index contributed by atoms with van der Waals surface area (Å²) in [5.41, 5.74) is 1.56. The Morgan fingerprint density at radius 3 is 2.71 bits per heavy atom. The quantitative estimate of drug-likeness (QED) is 0.724. The molecular weight excluding hydrogens is 332 g/mol. The largest absolute Gasteiger partial charge is 0.378 e. The van der Waals surface area contributed by atoms with Crippen molar-refractivity contribution in [1.29, 1.82) is 0 Å². The Kier molecular flexibility index (Phi) is 3.98. The summed E-state index contributed by atoms with van der Waals surface area (Å²) in [6.45, 7) is 4.84. The van der Waals surface area contributed by atoms with Gasteiger partial charge in [0.15, 0.2) is 0 Å². The molecular formula is C15H22N4O4S. The molecule has 3 aliphatic heterocycles. The van der Waals surface area contributed by atoms with Gasteiger partial charge in [0, 0.05) is 37.9 Å². The van der Waals surface area contributed by atoms with Crippen molar-refractivity contribution in [2.24, 2.45) is 0 Å². The molecule has 1 aromatic rings. The van der Waals surface area contributed by atoms with Gasteiger partial charge in [0.1, 0.15) is 0 Å². The number of morpholine rings is 1. The number of hydrogen-bond donors (Lipinski definition) is 0. The normalized spacial score (nSPS) is 28.3. The van der Waals surface area contributed by atoms with E-state index in [4.69, 9.17) is 14.5 Å². The Morgan fingerprint density at radius 2 is 2.00 bits per heavy atom. The van der Waals surface area contributed by atoms with E-state index in [0.29, 0.717) is 45.5 Å². The minimum atomic E-state index is -3.20. The summed E-state index contributed by atoms with van der Waals surface area (Å²) in [7, 11) is -3.20. The van der Waals surface area contributed by atoms with E-state index in [9.17, 15) is 8.42 Å². The molecule has 0 bridgehead atoms. The zero-order valence-electron chi connectivity index (χ0n) is 13.8. The van der Waals surface area contributed by atoms with Gasteiger partial charge < -0.3 is 14.4 Å². The van der Waals surface area contributed by atoms with Crippen LogP contribution in [0.25, 0.3) is 0 Å². The first-order valence-corrected chi connectivity index (χ1v) is 10.0. The van der Waals surface area contributed by atoms with Crippen LogP contribution >= 0.6 is 0 Å². The van der Waals surface area contributed by atoms with Gasteiger partial charge in [0.05, 0.1) is 43.8 Å². The molecule has 0 amide bonds. The first kappa shape index (κ1) is 16.2. The van der Waals surface area contributed by atoms with Crippen molar-refractivity contribution < 1.29 is 17.9 Å². The van der Waals surface area contributed by atoms with E-state index in [1.807, 2.05) is 6.20 Å². The van der Waals surface area contributed by atoms with Crippen LogP contribution in [0.2, 0.25) is 0 Å². The summed E-state index contributed by atoms with van der Waals surface area (Å²) in [4.78, 5) is 11.5. The first-order valence-electron chi connectivity index (χ1n) is 8.20. The van der Waals surface area contributed by atoms with Gasteiger partial charge in [-0.1, -0.05) is 0 Å². The van der Waals surface area contributed by atoms with Crippen LogP contribution in [0.4, 0.5) is 5.95 Å². The lowest BCUT2D eigenvalue weighted by Crippen LogP contribution is -2.43. The minimum absolute atomic E-state index is 0.360. The predicted octanol–water partition coefficient (Wildman–Crippen LogP) is -0.253. The smallest absolute Gasteiger partial charge is 0.225 e. The maximum Gasteiger partial charge on any atom is 0.225 e. The van der Waals surface area contributed by atoms with Crippen molar-refractivity contribution in [1.82, 2.24) is 14.3 Å². The van der Waals surface area contributed by atoms with E-state index < -0.39 is 10.0 Å². The van der Waals surface area contributed by atoms with Gasteiger partial charge in [-0.25, -0.2) is 22.7 Å². The highest BCUT2D eigenvalue weighted by Crippen LogP contribution is 2.40. The number of nitrogens with zero attached hydrogens (tertiary/aromatic N) is 4. The fourth-order valence-corrected chi connectivity index (χ4v) is 4.64. The molecule has 24 heavy (non-hydrogen) atoms. The zero-order chi connectivity index (χ0) is 16.8. The second-order valence-electron chi connectivity index (χ2n) is 6.76. The monoisotopic (exact) mass is 354 g/mol. The molecule has 1 atom stereocenters. The van der Waals surface area contributed by atoms with Crippen LogP contribution in [0, 0.1) is 0 Å². The van der Waals surface area contributed by atoms with E-state index in [1.54, 1.807) is 0 Å². The van der Waals surface area contributed by atoms with Crippen molar-refractivity contribution in [3.63, 3.8) is 0 Å². The maximum absolute atomic E-state index is 11.9. The molecule has 0 aliphatic carbocycles. The summed E-state index contributed by atoms with van der Waals surface area (Å²) in [6.07, 6.45) is 3.82. The minimum Gasteiger partial charge on any atom is -0.378 e. The summed E-state index contributed by atoms with van der Waals surface area (Å²) in [5, 5.41) is 0. The van der Waals surface area contributed by atoms with Crippen molar-refractivity contribution in [2.75, 3.05) is 57.2 Å². The summed E-state index contributed by atoms with van der Waals surface area (Å²) < 4.78 is 36.5. The standard InChI is InChI=1S/C15H22N4O4S/c1-24(20,21)19-3-2-15(10-19)11-23-9-12-8-16-14(17-13(12)15)18-4-6-22-7-5-18/h8H,2-7,9-11H2,1H3/t15-/m0/s1. The van der Waals surface area contributed by atoms with Gasteiger partial charge in [0.25, 0.3) is 0 Å². The number of hydrogen-bond acceptors (Lipinski definition) is 7. The lowest BCUT2D eigenvalue weighted by atomic mass is 9.81. The number of sulfonamides is 1. The number of rotatable bonds is 2. The van der Waals surface area contributed by atoms with Gasteiger partial charge >= 0.3 is 0 Å². The Balaban J connectivity index is 1.69. The molecule has 3 aliphatic rings. The Bertz CT molecular complexity index is 735. The van der Waals surface area contributed by atoms with Gasteiger partial charge in [-0.05, 0) is 6.42 Å². The third kappa shape index (κ3) is 2.79. The lowest BCUT2D eigenvalue weighted by Gasteiger charge is -2.35. The summed E-state index contributed by atoms with van der Waals surface area (Å²) in [5.74, 6) is 0.705. The Hall–Kier alpha value is -1.29. The second-order valence-corrected chi connectivity index (χ2v) is 8.75.